The summed E-state index contributed by atoms with van der Waals surface area (Å²) < 4.78 is 0. The first-order valence-corrected chi connectivity index (χ1v) is 8.43. The molecule has 0 saturated heterocycles. The number of hydrogen-bond acceptors (Lipinski definition) is 5. The molecule has 1 rings (SSSR count). The minimum atomic E-state index is -1.12. The number of hydrogen-bond donors (Lipinski definition) is 3. The molecular weight excluding hydrogens is 350 g/mol. The van der Waals surface area contributed by atoms with E-state index < -0.39 is 22.8 Å². The Kier molecular flexibility index (Phi) is 8.87. The van der Waals surface area contributed by atoms with Crippen LogP contribution in [0.5, 0.6) is 0 Å². The number of carbonyl (C=O) groups excluding carboxylic acids is 1. The Bertz CT molecular complexity index is 624. The number of benzene rings is 1. The van der Waals surface area contributed by atoms with Crippen LogP contribution in [0.3, 0.4) is 0 Å². The van der Waals surface area contributed by atoms with Crippen molar-refractivity contribution in [1.82, 2.24) is 5.32 Å². The van der Waals surface area contributed by atoms with Crippen molar-refractivity contribution in [3.05, 3.63) is 33.3 Å². The second-order valence-electron chi connectivity index (χ2n) is 5.58. The molecule has 1 amide bonds. The van der Waals surface area contributed by atoms with Gasteiger partial charge in [-0.15, -0.1) is 0 Å². The topological polar surface area (TPSA) is 122 Å². The van der Waals surface area contributed by atoms with E-state index in [4.69, 9.17) is 11.6 Å². The minimum Gasteiger partial charge on any atom is -0.480 e. The quantitative estimate of drug-likeness (QED) is 0.312. The van der Waals surface area contributed by atoms with Gasteiger partial charge in [0.05, 0.1) is 11.3 Å². The van der Waals surface area contributed by atoms with Gasteiger partial charge in [-0.1, -0.05) is 37.8 Å². The van der Waals surface area contributed by atoms with Gasteiger partial charge >= 0.3 is 5.97 Å². The fourth-order valence-electron chi connectivity index (χ4n) is 2.20. The average molecular weight is 372 g/mol. The molecule has 0 saturated carbocycles. The van der Waals surface area contributed by atoms with Crippen molar-refractivity contribution in [2.75, 3.05) is 11.9 Å². The molecule has 0 bridgehead atoms. The van der Waals surface area contributed by atoms with Crippen LogP contribution in [0.2, 0.25) is 5.02 Å². The summed E-state index contributed by atoms with van der Waals surface area (Å²) in [6.45, 7) is 2.59. The van der Waals surface area contributed by atoms with Crippen LogP contribution < -0.4 is 10.6 Å². The van der Waals surface area contributed by atoms with Gasteiger partial charge in [0.15, 0.2) is 0 Å². The highest BCUT2D eigenvalue weighted by Gasteiger charge is 2.21. The van der Waals surface area contributed by atoms with Gasteiger partial charge in [0.1, 0.15) is 11.1 Å². The van der Waals surface area contributed by atoms with Gasteiger partial charge in [0.25, 0.3) is 5.69 Å². The largest absolute Gasteiger partial charge is 0.480 e. The molecule has 0 heterocycles. The van der Waals surface area contributed by atoms with Crippen LogP contribution in [0.4, 0.5) is 11.4 Å². The van der Waals surface area contributed by atoms with Crippen LogP contribution in [0.25, 0.3) is 0 Å². The third-order valence-corrected chi connectivity index (χ3v) is 3.85. The van der Waals surface area contributed by atoms with E-state index in [0.29, 0.717) is 6.54 Å². The number of nitrogens with one attached hydrogen (secondary N) is 2. The van der Waals surface area contributed by atoms with E-state index in [-0.39, 0.29) is 22.8 Å². The fraction of sp³-hybridized carbons (Fsp3) is 0.500. The first-order valence-electron chi connectivity index (χ1n) is 8.05. The van der Waals surface area contributed by atoms with Crippen LogP contribution >= 0.6 is 11.6 Å². The molecule has 0 aliphatic carbocycles. The predicted molar refractivity (Wildman–Crippen MR) is 94.9 cm³/mol. The number of rotatable bonds is 11. The number of nitrogens with zero attached hydrogens (tertiary/aromatic N) is 1. The highest BCUT2D eigenvalue weighted by Crippen LogP contribution is 2.27. The number of aliphatic carboxylic acids is 1. The van der Waals surface area contributed by atoms with E-state index >= 15 is 0 Å². The van der Waals surface area contributed by atoms with Crippen molar-refractivity contribution >= 4 is 34.9 Å². The molecule has 138 valence electrons. The Labute approximate surface area is 150 Å². The fourth-order valence-corrected chi connectivity index (χ4v) is 2.39. The number of nitro groups is 1. The SMILES string of the molecule is CCCCCCNC(CC(=O)Nc1ccc(Cl)c([N+](=O)[O-])c1)C(=O)O. The molecule has 0 radical (unpaired) electrons. The lowest BCUT2D eigenvalue weighted by Gasteiger charge is -2.14. The summed E-state index contributed by atoms with van der Waals surface area (Å²) in [5.74, 6) is -1.67. The second kappa shape index (κ2) is 10.6. The average Bonchev–Trinajstić information content (AvgIpc) is 2.54. The zero-order valence-electron chi connectivity index (χ0n) is 14.0. The molecule has 1 aromatic rings. The highest BCUT2D eigenvalue weighted by atomic mass is 35.5. The zero-order chi connectivity index (χ0) is 18.8. The van der Waals surface area contributed by atoms with E-state index in [1.165, 1.54) is 12.1 Å². The van der Waals surface area contributed by atoms with Gasteiger partial charge < -0.3 is 15.7 Å². The number of amides is 1. The Morgan fingerprint density at radius 1 is 1.32 bits per heavy atom. The number of carboxylic acids is 1. The molecule has 1 atom stereocenters. The lowest BCUT2D eigenvalue weighted by molar-refractivity contribution is -0.384. The molecule has 9 heteroatoms. The van der Waals surface area contributed by atoms with Crippen molar-refractivity contribution in [2.24, 2.45) is 0 Å². The van der Waals surface area contributed by atoms with Crippen LogP contribution in [0.15, 0.2) is 18.2 Å². The van der Waals surface area contributed by atoms with E-state index in [1.807, 2.05) is 0 Å². The number of carboxylic acid groups (broad SMARTS) is 1. The number of unbranched alkanes of at least 4 members (excludes halogenated alkanes) is 3. The van der Waals surface area contributed by atoms with Crippen LogP contribution in [-0.4, -0.2) is 34.5 Å². The molecule has 0 aromatic heterocycles. The Balaban J connectivity index is 2.58. The molecule has 1 aromatic carbocycles. The van der Waals surface area contributed by atoms with Gasteiger partial charge in [-0.25, -0.2) is 0 Å². The van der Waals surface area contributed by atoms with Gasteiger partial charge in [-0.2, -0.15) is 0 Å². The third kappa shape index (κ3) is 7.49. The maximum absolute atomic E-state index is 12.0. The summed E-state index contributed by atoms with van der Waals surface area (Å²) in [7, 11) is 0. The number of carbonyl (C=O) groups is 2. The van der Waals surface area contributed by atoms with Crippen molar-refractivity contribution in [2.45, 2.75) is 45.1 Å². The first kappa shape index (κ1) is 20.9. The summed E-state index contributed by atoms with van der Waals surface area (Å²) in [5, 5.41) is 25.3. The molecule has 25 heavy (non-hydrogen) atoms. The minimum absolute atomic E-state index is 0.0415. The lowest BCUT2D eigenvalue weighted by atomic mass is 10.1. The van der Waals surface area contributed by atoms with Crippen molar-refractivity contribution < 1.29 is 19.6 Å². The van der Waals surface area contributed by atoms with E-state index in [0.717, 1.165) is 31.7 Å². The highest BCUT2D eigenvalue weighted by molar-refractivity contribution is 6.32. The number of nitro benzene ring substituents is 1. The third-order valence-electron chi connectivity index (χ3n) is 3.54. The van der Waals surface area contributed by atoms with Crippen LogP contribution in [0, 0.1) is 10.1 Å². The molecule has 3 N–H and O–H groups in total. The molecule has 0 fully saturated rings. The van der Waals surface area contributed by atoms with Crippen LogP contribution in [0.1, 0.15) is 39.0 Å². The number of anilines is 1. The summed E-state index contributed by atoms with van der Waals surface area (Å²) in [5.41, 5.74) is -0.142. The van der Waals surface area contributed by atoms with E-state index in [2.05, 4.69) is 17.6 Å². The van der Waals surface area contributed by atoms with Crippen molar-refractivity contribution in [3.8, 4) is 0 Å². The summed E-state index contributed by atoms with van der Waals surface area (Å²) in [6, 6.07) is 2.84. The Hall–Kier alpha value is -2.19. The lowest BCUT2D eigenvalue weighted by Crippen LogP contribution is -2.40. The summed E-state index contributed by atoms with van der Waals surface area (Å²) in [4.78, 5) is 33.4. The van der Waals surface area contributed by atoms with Gasteiger partial charge in [-0.3, -0.25) is 19.7 Å². The molecule has 0 aliphatic heterocycles. The summed E-state index contributed by atoms with van der Waals surface area (Å²) >= 11 is 5.70. The molecule has 0 spiro atoms. The van der Waals surface area contributed by atoms with Gasteiger partial charge in [0.2, 0.25) is 5.91 Å². The molecule has 0 aliphatic rings. The van der Waals surface area contributed by atoms with Crippen molar-refractivity contribution in [1.29, 1.82) is 0 Å². The van der Waals surface area contributed by atoms with Gasteiger partial charge in [0, 0.05) is 11.8 Å². The van der Waals surface area contributed by atoms with Crippen molar-refractivity contribution in [3.63, 3.8) is 0 Å². The molecule has 1 unspecified atom stereocenters. The zero-order valence-corrected chi connectivity index (χ0v) is 14.7. The van der Waals surface area contributed by atoms with Gasteiger partial charge in [-0.05, 0) is 25.1 Å². The molecule has 8 nitrogen and oxygen atoms in total. The number of halogens is 1. The maximum Gasteiger partial charge on any atom is 0.321 e. The van der Waals surface area contributed by atoms with E-state index in [9.17, 15) is 24.8 Å². The first-order chi connectivity index (χ1) is 11.8. The normalized spacial score (nSPS) is 11.8. The monoisotopic (exact) mass is 371 g/mol. The Morgan fingerprint density at radius 2 is 2.04 bits per heavy atom. The Morgan fingerprint density at radius 3 is 2.64 bits per heavy atom. The predicted octanol–water partition coefficient (Wildman–Crippen LogP) is 3.20. The standard InChI is InChI=1S/C16H22ClN3O5/c1-2-3-4-5-8-18-13(16(22)23)10-15(21)19-11-6-7-12(17)14(9-11)20(24)25/h6-7,9,13,18H,2-5,8,10H2,1H3,(H,19,21)(H,22,23). The molecular formula is C16H22ClN3O5. The summed E-state index contributed by atoms with van der Waals surface area (Å²) in [6.07, 6.45) is 3.71. The van der Waals surface area contributed by atoms with E-state index in [1.54, 1.807) is 0 Å². The second-order valence-corrected chi connectivity index (χ2v) is 5.99. The van der Waals surface area contributed by atoms with Crippen LogP contribution in [-0.2, 0) is 9.59 Å². The maximum atomic E-state index is 12.0. The smallest absolute Gasteiger partial charge is 0.321 e.